The van der Waals surface area contributed by atoms with Gasteiger partial charge in [-0.1, -0.05) is 24.3 Å². The Morgan fingerprint density at radius 3 is 2.38 bits per heavy atom. The zero-order valence-corrected chi connectivity index (χ0v) is 14.7. The van der Waals surface area contributed by atoms with Crippen LogP contribution in [0.1, 0.15) is 0 Å². The number of benzene rings is 2. The van der Waals surface area contributed by atoms with E-state index in [1.165, 1.54) is 0 Å². The van der Waals surface area contributed by atoms with Crippen molar-refractivity contribution in [3.63, 3.8) is 0 Å². The first-order valence-electron chi connectivity index (χ1n) is 6.10. The molecule has 0 aliphatic carbocycles. The molecule has 1 heterocycles. The van der Waals surface area contributed by atoms with Crippen molar-refractivity contribution in [2.24, 2.45) is 0 Å². The standard InChI is InChI=1S/C14H10Br2N4S/c15-9-5-1-3-7-11(9)17-13-18-19-14(21)20(13)12-8-4-2-6-10(12)16/h1-8H,(H,17,18)(H,19,21). The molecular weight excluding hydrogens is 416 g/mol. The number of para-hydroxylation sites is 2. The van der Waals surface area contributed by atoms with Gasteiger partial charge < -0.3 is 5.32 Å². The molecule has 0 amide bonds. The van der Waals surface area contributed by atoms with E-state index in [0.29, 0.717) is 10.7 Å². The number of hydrogen-bond acceptors (Lipinski definition) is 3. The first-order chi connectivity index (χ1) is 10.2. The van der Waals surface area contributed by atoms with E-state index in [2.05, 4.69) is 47.4 Å². The molecule has 7 heteroatoms. The van der Waals surface area contributed by atoms with Gasteiger partial charge in [-0.05, 0) is 68.3 Å². The van der Waals surface area contributed by atoms with Gasteiger partial charge in [0.2, 0.25) is 10.7 Å². The number of anilines is 2. The van der Waals surface area contributed by atoms with Gasteiger partial charge in [-0.2, -0.15) is 0 Å². The lowest BCUT2D eigenvalue weighted by Crippen LogP contribution is -2.03. The molecule has 0 unspecified atom stereocenters. The molecule has 0 bridgehead atoms. The molecule has 3 aromatic rings. The first kappa shape index (κ1) is 14.5. The number of halogens is 2. The minimum atomic E-state index is 0.524. The van der Waals surface area contributed by atoms with Gasteiger partial charge in [-0.3, -0.25) is 4.57 Å². The molecule has 0 saturated carbocycles. The SMILES string of the molecule is S=c1[nH]nc(Nc2ccccc2Br)n1-c1ccccc1Br. The van der Waals surface area contributed by atoms with E-state index in [-0.39, 0.29) is 0 Å². The normalized spacial score (nSPS) is 10.6. The van der Waals surface area contributed by atoms with E-state index in [1.54, 1.807) is 0 Å². The average Bonchev–Trinajstić information content (AvgIpc) is 2.83. The maximum Gasteiger partial charge on any atom is 0.232 e. The van der Waals surface area contributed by atoms with Gasteiger partial charge in [-0.15, -0.1) is 5.10 Å². The van der Waals surface area contributed by atoms with Crippen molar-refractivity contribution >= 4 is 55.7 Å². The summed E-state index contributed by atoms with van der Waals surface area (Å²) in [5.74, 6) is 0.624. The van der Waals surface area contributed by atoms with Crippen molar-refractivity contribution in [1.82, 2.24) is 14.8 Å². The molecule has 0 radical (unpaired) electrons. The van der Waals surface area contributed by atoms with Gasteiger partial charge in [0.15, 0.2) is 0 Å². The molecule has 2 aromatic carbocycles. The molecule has 21 heavy (non-hydrogen) atoms. The molecule has 0 fully saturated rings. The highest BCUT2D eigenvalue weighted by Crippen LogP contribution is 2.28. The van der Waals surface area contributed by atoms with E-state index >= 15 is 0 Å². The minimum absolute atomic E-state index is 0.524. The fourth-order valence-electron chi connectivity index (χ4n) is 1.92. The smallest absolute Gasteiger partial charge is 0.232 e. The highest BCUT2D eigenvalue weighted by atomic mass is 79.9. The van der Waals surface area contributed by atoms with Crippen LogP contribution in [0.15, 0.2) is 57.5 Å². The first-order valence-corrected chi connectivity index (χ1v) is 8.10. The van der Waals surface area contributed by atoms with E-state index < -0.39 is 0 Å². The van der Waals surface area contributed by atoms with Crippen molar-refractivity contribution < 1.29 is 0 Å². The van der Waals surface area contributed by atoms with Gasteiger partial charge in [-0.25, -0.2) is 5.10 Å². The summed E-state index contributed by atoms with van der Waals surface area (Å²) in [6.45, 7) is 0. The summed E-state index contributed by atoms with van der Waals surface area (Å²) in [5.41, 5.74) is 1.84. The molecule has 3 rings (SSSR count). The topological polar surface area (TPSA) is 45.6 Å². The monoisotopic (exact) mass is 424 g/mol. The van der Waals surface area contributed by atoms with Crippen LogP contribution in [0.4, 0.5) is 11.6 Å². The number of hydrogen-bond donors (Lipinski definition) is 2. The summed E-state index contributed by atoms with van der Waals surface area (Å²) < 4.78 is 4.27. The molecular formula is C14H10Br2N4S. The highest BCUT2D eigenvalue weighted by Gasteiger charge is 2.11. The summed E-state index contributed by atoms with van der Waals surface area (Å²) in [6.07, 6.45) is 0. The van der Waals surface area contributed by atoms with Crippen LogP contribution in [0.5, 0.6) is 0 Å². The van der Waals surface area contributed by atoms with Crippen molar-refractivity contribution in [2.45, 2.75) is 0 Å². The number of aromatic amines is 1. The van der Waals surface area contributed by atoms with Crippen molar-refractivity contribution in [3.8, 4) is 5.69 Å². The molecule has 0 aliphatic heterocycles. The Morgan fingerprint density at radius 2 is 1.67 bits per heavy atom. The minimum Gasteiger partial charge on any atom is -0.323 e. The van der Waals surface area contributed by atoms with Gasteiger partial charge >= 0.3 is 0 Å². The summed E-state index contributed by atoms with van der Waals surface area (Å²) >= 11 is 12.4. The second-order valence-electron chi connectivity index (χ2n) is 4.24. The molecule has 0 spiro atoms. The number of H-pyrrole nitrogens is 1. The zero-order valence-electron chi connectivity index (χ0n) is 10.7. The van der Waals surface area contributed by atoms with E-state index in [1.807, 2.05) is 53.1 Å². The van der Waals surface area contributed by atoms with Crippen molar-refractivity contribution in [3.05, 3.63) is 62.2 Å². The Hall–Kier alpha value is -1.44. The van der Waals surface area contributed by atoms with Crippen LogP contribution in [0, 0.1) is 4.77 Å². The summed E-state index contributed by atoms with van der Waals surface area (Å²) in [7, 11) is 0. The van der Waals surface area contributed by atoms with Crippen LogP contribution in [0.25, 0.3) is 5.69 Å². The fourth-order valence-corrected chi connectivity index (χ4v) is 3.00. The molecule has 106 valence electrons. The van der Waals surface area contributed by atoms with E-state index in [0.717, 1.165) is 20.3 Å². The van der Waals surface area contributed by atoms with Gasteiger partial charge in [0.05, 0.1) is 11.4 Å². The van der Waals surface area contributed by atoms with E-state index in [9.17, 15) is 0 Å². The number of aromatic nitrogens is 3. The molecule has 4 nitrogen and oxygen atoms in total. The quantitative estimate of drug-likeness (QED) is 0.567. The predicted molar refractivity (Wildman–Crippen MR) is 93.9 cm³/mol. The van der Waals surface area contributed by atoms with Crippen molar-refractivity contribution in [2.75, 3.05) is 5.32 Å². The summed E-state index contributed by atoms with van der Waals surface area (Å²) in [4.78, 5) is 0. The van der Waals surface area contributed by atoms with E-state index in [4.69, 9.17) is 12.2 Å². The lowest BCUT2D eigenvalue weighted by atomic mass is 10.3. The Kier molecular flexibility index (Phi) is 4.23. The van der Waals surface area contributed by atoms with Crippen LogP contribution < -0.4 is 5.32 Å². The third kappa shape index (κ3) is 2.95. The third-order valence-corrected chi connectivity index (χ3v) is 4.52. The Labute approximate surface area is 143 Å². The average molecular weight is 426 g/mol. The second-order valence-corrected chi connectivity index (χ2v) is 6.34. The Balaban J connectivity index is 2.09. The predicted octanol–water partition coefficient (Wildman–Crippen LogP) is 5.20. The lowest BCUT2D eigenvalue weighted by molar-refractivity contribution is 1.03. The second kappa shape index (κ2) is 6.13. The van der Waals surface area contributed by atoms with Gasteiger partial charge in [0, 0.05) is 8.95 Å². The van der Waals surface area contributed by atoms with Crippen LogP contribution >= 0.6 is 44.1 Å². The lowest BCUT2D eigenvalue weighted by Gasteiger charge is -2.11. The number of rotatable bonds is 3. The maximum absolute atomic E-state index is 5.34. The number of nitrogens with zero attached hydrogens (tertiary/aromatic N) is 2. The largest absolute Gasteiger partial charge is 0.323 e. The summed E-state index contributed by atoms with van der Waals surface area (Å²) in [6, 6.07) is 15.7. The molecule has 0 atom stereocenters. The summed E-state index contributed by atoms with van der Waals surface area (Å²) in [5, 5.41) is 10.4. The molecule has 1 aromatic heterocycles. The zero-order chi connectivity index (χ0) is 14.8. The molecule has 0 aliphatic rings. The molecule has 2 N–H and O–H groups in total. The van der Waals surface area contributed by atoms with Gasteiger partial charge in [0.25, 0.3) is 0 Å². The fraction of sp³-hybridized carbons (Fsp3) is 0. The third-order valence-electron chi connectivity index (χ3n) is 2.89. The van der Waals surface area contributed by atoms with Gasteiger partial charge in [0.1, 0.15) is 0 Å². The molecule has 0 saturated heterocycles. The van der Waals surface area contributed by atoms with Crippen molar-refractivity contribution in [1.29, 1.82) is 0 Å². The highest BCUT2D eigenvalue weighted by molar-refractivity contribution is 9.11. The Morgan fingerprint density at radius 1 is 1.00 bits per heavy atom. The Bertz CT molecular complexity index is 841. The van der Waals surface area contributed by atoms with Crippen LogP contribution in [0.2, 0.25) is 0 Å². The van der Waals surface area contributed by atoms with Crippen LogP contribution in [0.3, 0.4) is 0 Å². The maximum atomic E-state index is 5.34. The van der Waals surface area contributed by atoms with Crippen LogP contribution in [-0.4, -0.2) is 14.8 Å². The number of nitrogens with one attached hydrogen (secondary N) is 2. The van der Waals surface area contributed by atoms with Crippen LogP contribution in [-0.2, 0) is 0 Å².